The molecule has 54 heavy (non-hydrogen) atoms. The summed E-state index contributed by atoms with van der Waals surface area (Å²) in [4.78, 5) is 9.41. The van der Waals surface area contributed by atoms with Crippen LogP contribution < -0.4 is 14.2 Å². The quantitative estimate of drug-likeness (QED) is 0.179. The van der Waals surface area contributed by atoms with Crippen molar-refractivity contribution in [3.63, 3.8) is 0 Å². The molecule has 8 nitrogen and oxygen atoms in total. The number of aromatic hydroxyl groups is 3. The second-order valence-corrected chi connectivity index (χ2v) is 20.7. The molecule has 8 heteroatoms. The lowest BCUT2D eigenvalue weighted by Crippen LogP contribution is -2.17. The average Bonchev–Trinajstić information content (AvgIpc) is 2.96. The molecule has 1 aromatic heterocycles. The number of aromatic nitrogens is 2. The maximum Gasteiger partial charge on any atom is 0.328 e. The van der Waals surface area contributed by atoms with E-state index in [-0.39, 0.29) is 67.5 Å². The van der Waals surface area contributed by atoms with E-state index in [2.05, 4.69) is 0 Å². The average molecular weight is 741 g/mol. The summed E-state index contributed by atoms with van der Waals surface area (Å²) >= 11 is 0. The van der Waals surface area contributed by atoms with Crippen molar-refractivity contribution in [3.05, 3.63) is 75.8 Å². The fourth-order valence-electron chi connectivity index (χ4n) is 6.31. The summed E-state index contributed by atoms with van der Waals surface area (Å²) in [6, 6.07) is 12.6. The van der Waals surface area contributed by atoms with Crippen molar-refractivity contribution < 1.29 is 29.5 Å². The molecule has 0 aliphatic carbocycles. The molecule has 0 aliphatic heterocycles. The third-order valence-corrected chi connectivity index (χ3v) is 9.41. The molecule has 1 heterocycles. The van der Waals surface area contributed by atoms with Crippen LogP contribution in [0.1, 0.15) is 158 Å². The Bertz CT molecular complexity index is 1670. The van der Waals surface area contributed by atoms with Gasteiger partial charge in [0, 0.05) is 33.4 Å². The van der Waals surface area contributed by atoms with E-state index in [0.29, 0.717) is 17.2 Å². The number of phenolic OH excluding ortho intramolecular Hbond substituents is 3. The zero-order chi connectivity index (χ0) is 41.1. The third kappa shape index (κ3) is 9.60. The van der Waals surface area contributed by atoms with Gasteiger partial charge in [0.1, 0.15) is 34.5 Å². The first kappa shape index (κ1) is 42.3. The van der Waals surface area contributed by atoms with Crippen LogP contribution in [0.4, 0.5) is 0 Å². The second kappa shape index (κ2) is 14.0. The molecule has 0 aliphatic rings. The van der Waals surface area contributed by atoms with Gasteiger partial charge in [0.15, 0.2) is 0 Å². The minimum Gasteiger partial charge on any atom is -0.507 e. The Morgan fingerprint density at radius 1 is 0.333 bits per heavy atom. The first-order chi connectivity index (χ1) is 24.3. The van der Waals surface area contributed by atoms with Crippen LogP contribution in [0.15, 0.2) is 42.5 Å². The second-order valence-electron chi connectivity index (χ2n) is 20.7. The van der Waals surface area contributed by atoms with Crippen molar-refractivity contribution in [1.82, 2.24) is 9.97 Å². The number of phenols is 3. The minimum absolute atomic E-state index is 0.0235. The van der Waals surface area contributed by atoms with Crippen LogP contribution in [0.5, 0.6) is 52.3 Å². The smallest absolute Gasteiger partial charge is 0.328 e. The van der Waals surface area contributed by atoms with Gasteiger partial charge in [-0.15, -0.1) is 0 Å². The summed E-state index contributed by atoms with van der Waals surface area (Å²) in [5, 5.41) is 34.1. The number of ether oxygens (including phenoxy) is 3. The van der Waals surface area contributed by atoms with E-state index in [1.54, 1.807) is 6.07 Å². The highest BCUT2D eigenvalue weighted by Gasteiger charge is 2.31. The molecule has 4 rings (SSSR count). The highest BCUT2D eigenvalue weighted by Crippen LogP contribution is 2.46. The molecule has 0 radical (unpaired) electrons. The largest absolute Gasteiger partial charge is 0.507 e. The van der Waals surface area contributed by atoms with Crippen LogP contribution in [0.3, 0.4) is 0 Å². The van der Waals surface area contributed by atoms with E-state index in [1.165, 1.54) is 0 Å². The number of hydrogen-bond donors (Lipinski definition) is 3. The van der Waals surface area contributed by atoms with Gasteiger partial charge >= 0.3 is 6.01 Å². The van der Waals surface area contributed by atoms with Gasteiger partial charge in [0.2, 0.25) is 11.8 Å². The standard InChI is InChI=1S/C46H64N2O6/c1-41(2,3)29-19-26(20-30(37(29)49)42(4,5)6)52-35-25-36(53-27-21-31(43(7,8)9)38(50)32(22-27)44(10,11)12)48-40(47-35)54-28-23-33(45(13,14)15)39(51)34(24-28)46(16,17)18/h19-25,49-51H,1-18H3. The van der Waals surface area contributed by atoms with Crippen molar-refractivity contribution in [2.24, 2.45) is 0 Å². The molecular formula is C46H64N2O6. The summed E-state index contributed by atoms with van der Waals surface area (Å²) in [5.74, 6) is 2.48. The normalized spacial score (nSPS) is 13.2. The van der Waals surface area contributed by atoms with Gasteiger partial charge < -0.3 is 29.5 Å². The number of nitrogens with zero attached hydrogens (tertiary/aromatic N) is 2. The molecule has 0 unspecified atom stereocenters. The molecule has 0 saturated heterocycles. The van der Waals surface area contributed by atoms with Gasteiger partial charge in [-0.25, -0.2) is 0 Å². The topological polar surface area (TPSA) is 114 Å². The van der Waals surface area contributed by atoms with Crippen molar-refractivity contribution in [2.45, 2.75) is 157 Å². The SMILES string of the molecule is CC(C)(C)c1cc(Oc2cc(Oc3cc(C(C)(C)C)c(O)c(C(C)(C)C)c3)nc(Oc3cc(C(C)(C)C)c(O)c(C(C)(C)C)c3)n2)cc(C(C)(C)C)c1O. The lowest BCUT2D eigenvalue weighted by atomic mass is 9.79. The van der Waals surface area contributed by atoms with Gasteiger partial charge in [-0.2, -0.15) is 9.97 Å². The molecule has 0 saturated carbocycles. The number of hydrogen-bond acceptors (Lipinski definition) is 8. The number of benzene rings is 3. The fraction of sp³-hybridized carbons (Fsp3) is 0.522. The van der Waals surface area contributed by atoms with Crippen molar-refractivity contribution >= 4 is 0 Å². The molecule has 0 bridgehead atoms. The highest BCUT2D eigenvalue weighted by molar-refractivity contribution is 5.55. The van der Waals surface area contributed by atoms with E-state index in [9.17, 15) is 15.3 Å². The fourth-order valence-corrected chi connectivity index (χ4v) is 6.31. The zero-order valence-electron chi connectivity index (χ0n) is 36.0. The Hall–Kier alpha value is -4.46. The molecule has 4 aromatic rings. The van der Waals surface area contributed by atoms with E-state index >= 15 is 0 Å². The Balaban J connectivity index is 1.96. The molecule has 3 aromatic carbocycles. The van der Waals surface area contributed by atoms with Gasteiger partial charge in [-0.1, -0.05) is 125 Å². The van der Waals surface area contributed by atoms with Crippen molar-refractivity contribution in [1.29, 1.82) is 0 Å². The summed E-state index contributed by atoms with van der Waals surface area (Å²) in [6.07, 6.45) is 0. The maximum atomic E-state index is 11.4. The highest BCUT2D eigenvalue weighted by atomic mass is 16.5. The first-order valence-electron chi connectivity index (χ1n) is 18.8. The molecular weight excluding hydrogens is 677 g/mol. The predicted octanol–water partition coefficient (Wildman–Crippen LogP) is 12.8. The Morgan fingerprint density at radius 3 is 0.741 bits per heavy atom. The minimum atomic E-state index is -0.383. The number of rotatable bonds is 6. The van der Waals surface area contributed by atoms with Gasteiger partial charge in [-0.05, 0) is 68.9 Å². The van der Waals surface area contributed by atoms with Crippen LogP contribution in [-0.4, -0.2) is 25.3 Å². The lowest BCUT2D eigenvalue weighted by Gasteiger charge is -2.28. The van der Waals surface area contributed by atoms with Crippen LogP contribution in [0, 0.1) is 0 Å². The monoisotopic (exact) mass is 740 g/mol. The molecule has 3 N–H and O–H groups in total. The maximum absolute atomic E-state index is 11.4. The predicted molar refractivity (Wildman–Crippen MR) is 219 cm³/mol. The summed E-state index contributed by atoms with van der Waals surface area (Å²) in [7, 11) is 0. The Labute approximate surface area is 324 Å². The van der Waals surface area contributed by atoms with E-state index in [1.807, 2.05) is 161 Å². The first-order valence-corrected chi connectivity index (χ1v) is 18.8. The van der Waals surface area contributed by atoms with Gasteiger partial charge in [-0.3, -0.25) is 0 Å². The molecule has 0 spiro atoms. The van der Waals surface area contributed by atoms with Crippen LogP contribution in [0.2, 0.25) is 0 Å². The summed E-state index contributed by atoms with van der Waals surface area (Å²) in [5.41, 5.74) is 2.18. The lowest BCUT2D eigenvalue weighted by molar-refractivity contribution is 0.376. The molecule has 0 atom stereocenters. The molecule has 294 valence electrons. The van der Waals surface area contributed by atoms with Crippen molar-refractivity contribution in [3.8, 4) is 52.3 Å². The van der Waals surface area contributed by atoms with Crippen LogP contribution in [0.25, 0.3) is 0 Å². The van der Waals surface area contributed by atoms with E-state index in [0.717, 1.165) is 33.4 Å². The molecule has 0 amide bonds. The Morgan fingerprint density at radius 2 is 0.537 bits per heavy atom. The van der Waals surface area contributed by atoms with Crippen LogP contribution >= 0.6 is 0 Å². The Kier molecular flexibility index (Phi) is 11.0. The zero-order valence-corrected chi connectivity index (χ0v) is 36.0. The van der Waals surface area contributed by atoms with Crippen LogP contribution in [-0.2, 0) is 32.5 Å². The van der Waals surface area contributed by atoms with Gasteiger partial charge in [0.25, 0.3) is 0 Å². The van der Waals surface area contributed by atoms with E-state index < -0.39 is 0 Å². The summed E-state index contributed by atoms with van der Waals surface area (Å²) < 4.78 is 19.5. The van der Waals surface area contributed by atoms with Gasteiger partial charge in [0.05, 0.1) is 6.07 Å². The van der Waals surface area contributed by atoms with Crippen molar-refractivity contribution in [2.75, 3.05) is 0 Å². The summed E-state index contributed by atoms with van der Waals surface area (Å²) in [6.45, 7) is 36.8. The van der Waals surface area contributed by atoms with E-state index in [4.69, 9.17) is 24.2 Å². The molecule has 0 fully saturated rings. The third-order valence-electron chi connectivity index (χ3n) is 9.41.